The van der Waals surface area contributed by atoms with Crippen LogP contribution < -0.4 is 0 Å². The molecule has 0 aromatic rings. The van der Waals surface area contributed by atoms with E-state index < -0.39 is 0 Å². The molecule has 0 spiro atoms. The minimum Gasteiger partial charge on any atom is -0.420 e. The quantitative estimate of drug-likeness (QED) is 0.325. The van der Waals surface area contributed by atoms with Crippen LogP contribution in [0.1, 0.15) is 0 Å². The number of esters is 1. The van der Waals surface area contributed by atoms with E-state index in [0.717, 1.165) is 0 Å². The lowest BCUT2D eigenvalue weighted by atomic mass is 10.6. The van der Waals surface area contributed by atoms with Gasteiger partial charge in [0.25, 0.3) is 0 Å². The zero-order valence-corrected chi connectivity index (χ0v) is 6.33. The molecule has 0 heterocycles. The molecule has 0 amide bonds. The average molecular weight is 142 g/mol. The number of carbonyl (C=O) groups excluding carboxylic acids is 1. The van der Waals surface area contributed by atoms with Gasteiger partial charge in [0.05, 0.1) is 0 Å². The van der Waals surface area contributed by atoms with E-state index >= 15 is 0 Å². The van der Waals surface area contributed by atoms with E-state index in [1.807, 2.05) is 14.1 Å². The highest BCUT2D eigenvalue weighted by Gasteiger charge is 1.93. The van der Waals surface area contributed by atoms with Gasteiger partial charge in [-0.05, 0) is 0 Å². The van der Waals surface area contributed by atoms with Crippen molar-refractivity contribution in [3.05, 3.63) is 19.2 Å². The largest absolute Gasteiger partial charge is 0.420 e. The van der Waals surface area contributed by atoms with Gasteiger partial charge in [0.15, 0.2) is 0 Å². The Bertz CT molecular complexity index is 130. The van der Waals surface area contributed by atoms with Crippen molar-refractivity contribution in [3.8, 4) is 0 Å². The third-order valence-corrected chi connectivity index (χ3v) is 0.753. The summed E-state index contributed by atoms with van der Waals surface area (Å²) in [5.41, 5.74) is 0. The first-order valence-corrected chi connectivity index (χ1v) is 2.97. The maximum Gasteiger partial charge on any atom is 0.335 e. The van der Waals surface area contributed by atoms with Crippen molar-refractivity contribution in [2.24, 2.45) is 0 Å². The molecular weight excluding hydrogens is 130 g/mol. The van der Waals surface area contributed by atoms with Gasteiger partial charge < -0.3 is 9.64 Å². The van der Waals surface area contributed by atoms with Gasteiger partial charge in [-0.25, -0.2) is 4.79 Å². The molecule has 0 aliphatic rings. The zero-order chi connectivity index (χ0) is 7.98. The Labute approximate surface area is 61.3 Å². The summed E-state index contributed by atoms with van der Waals surface area (Å²) in [6.45, 7) is 3.54. The van der Waals surface area contributed by atoms with Gasteiger partial charge in [0.2, 0.25) is 6.61 Å². The molecule has 0 saturated heterocycles. The van der Waals surface area contributed by atoms with Gasteiger partial charge in [0.1, 0.15) is 6.92 Å². The van der Waals surface area contributed by atoms with Crippen molar-refractivity contribution in [1.82, 2.24) is 4.90 Å². The van der Waals surface area contributed by atoms with E-state index in [1.54, 1.807) is 11.1 Å². The van der Waals surface area contributed by atoms with E-state index in [9.17, 15) is 4.79 Å². The lowest BCUT2D eigenvalue weighted by Crippen LogP contribution is -2.04. The fourth-order valence-electron chi connectivity index (χ4n) is 0.359. The van der Waals surface area contributed by atoms with Gasteiger partial charge >= 0.3 is 5.97 Å². The highest BCUT2D eigenvalue weighted by atomic mass is 16.5. The molecule has 0 saturated carbocycles. The van der Waals surface area contributed by atoms with E-state index in [4.69, 9.17) is 0 Å². The van der Waals surface area contributed by atoms with Gasteiger partial charge in [-0.3, -0.25) is 0 Å². The van der Waals surface area contributed by atoms with Crippen LogP contribution in [-0.4, -0.2) is 31.6 Å². The van der Waals surface area contributed by atoms with Crippen LogP contribution >= 0.6 is 0 Å². The summed E-state index contributed by atoms with van der Waals surface area (Å²) in [6, 6.07) is 0. The first kappa shape index (κ1) is 8.88. The Kier molecular flexibility index (Phi) is 4.20. The molecule has 3 heteroatoms. The highest BCUT2D eigenvalue weighted by Crippen LogP contribution is 1.82. The summed E-state index contributed by atoms with van der Waals surface area (Å²) < 4.78 is 4.53. The topological polar surface area (TPSA) is 29.5 Å². The third kappa shape index (κ3) is 5.03. The summed E-state index contributed by atoms with van der Waals surface area (Å²) in [4.78, 5) is 12.3. The first-order valence-electron chi connectivity index (χ1n) is 2.97. The molecule has 0 aromatic carbocycles. The molecule has 56 valence electrons. The predicted octanol–water partition coefficient (Wildman–Crippen LogP) is 0.439. The monoisotopic (exact) mass is 142 g/mol. The van der Waals surface area contributed by atoms with Crippen LogP contribution in [0.4, 0.5) is 0 Å². The maximum absolute atomic E-state index is 10.6. The van der Waals surface area contributed by atoms with Crippen LogP contribution in [0.25, 0.3) is 0 Å². The van der Waals surface area contributed by atoms with Crippen LogP contribution in [0.15, 0.2) is 12.3 Å². The smallest absolute Gasteiger partial charge is 0.335 e. The normalized spacial score (nSPS) is 9.80. The molecule has 0 N–H and O–H groups in total. The summed E-state index contributed by atoms with van der Waals surface area (Å²) in [5, 5.41) is 0. The number of carbonyl (C=O) groups is 1. The second kappa shape index (κ2) is 4.73. The molecule has 0 rings (SSSR count). The van der Waals surface area contributed by atoms with Crippen LogP contribution in [0, 0.1) is 6.92 Å². The number of hydrogen-bond donors (Lipinski definition) is 0. The summed E-state index contributed by atoms with van der Waals surface area (Å²) in [5.74, 6) is -0.358. The SMILES string of the molecule is [CH2+]COC(=O)/C=C/N(C)C. The maximum atomic E-state index is 10.6. The number of hydrogen-bond acceptors (Lipinski definition) is 3. The Hall–Kier alpha value is -1.12. The summed E-state index contributed by atoms with van der Waals surface area (Å²) >= 11 is 0. The Morgan fingerprint density at radius 1 is 1.70 bits per heavy atom. The Morgan fingerprint density at radius 2 is 2.30 bits per heavy atom. The number of ether oxygens (including phenoxy) is 1. The zero-order valence-electron chi connectivity index (χ0n) is 6.33. The molecule has 0 bridgehead atoms. The van der Waals surface area contributed by atoms with Crippen molar-refractivity contribution < 1.29 is 9.53 Å². The molecular formula is C7H12NO2+. The fraction of sp³-hybridized carbons (Fsp3) is 0.429. The van der Waals surface area contributed by atoms with E-state index in [2.05, 4.69) is 11.7 Å². The fourth-order valence-corrected chi connectivity index (χ4v) is 0.359. The molecule has 0 radical (unpaired) electrons. The van der Waals surface area contributed by atoms with Crippen molar-refractivity contribution >= 4 is 5.97 Å². The van der Waals surface area contributed by atoms with E-state index in [-0.39, 0.29) is 12.6 Å². The van der Waals surface area contributed by atoms with Crippen molar-refractivity contribution in [3.63, 3.8) is 0 Å². The van der Waals surface area contributed by atoms with E-state index in [0.29, 0.717) is 0 Å². The highest BCUT2D eigenvalue weighted by molar-refractivity contribution is 5.81. The van der Waals surface area contributed by atoms with Gasteiger partial charge in [-0.15, -0.1) is 0 Å². The molecule has 3 nitrogen and oxygen atoms in total. The van der Waals surface area contributed by atoms with Crippen molar-refractivity contribution in [2.45, 2.75) is 0 Å². The first-order chi connectivity index (χ1) is 4.66. The minimum atomic E-state index is -0.358. The van der Waals surface area contributed by atoms with Gasteiger partial charge in [-0.2, -0.15) is 0 Å². The lowest BCUT2D eigenvalue weighted by molar-refractivity contribution is -0.136. The minimum absolute atomic E-state index is 0.177. The third-order valence-electron chi connectivity index (χ3n) is 0.753. The van der Waals surface area contributed by atoms with Crippen LogP contribution in [0.2, 0.25) is 0 Å². The predicted molar refractivity (Wildman–Crippen MR) is 39.1 cm³/mol. The number of nitrogens with zero attached hydrogens (tertiary/aromatic N) is 1. The van der Waals surface area contributed by atoms with Crippen LogP contribution in [0.5, 0.6) is 0 Å². The molecule has 0 aromatic heterocycles. The second-order valence-electron chi connectivity index (χ2n) is 1.95. The molecule has 0 atom stereocenters. The molecule has 0 aliphatic heterocycles. The lowest BCUT2D eigenvalue weighted by Gasteiger charge is -2.01. The second-order valence-corrected chi connectivity index (χ2v) is 1.95. The standard InChI is InChI=1S/C7H12NO2/c1-4-10-7(9)5-6-8(2)3/h5-6H,1,4H2,2-3H3/q+1/b6-5+. The van der Waals surface area contributed by atoms with Crippen molar-refractivity contribution in [2.75, 3.05) is 20.7 Å². The Balaban J connectivity index is 3.56. The molecule has 10 heavy (non-hydrogen) atoms. The van der Waals surface area contributed by atoms with Crippen LogP contribution in [0.3, 0.4) is 0 Å². The van der Waals surface area contributed by atoms with E-state index in [1.165, 1.54) is 6.08 Å². The van der Waals surface area contributed by atoms with Crippen LogP contribution in [-0.2, 0) is 9.53 Å². The summed E-state index contributed by atoms with van der Waals surface area (Å²) in [6.07, 6.45) is 2.98. The van der Waals surface area contributed by atoms with Crippen molar-refractivity contribution in [1.29, 1.82) is 0 Å². The molecule has 0 aliphatic carbocycles. The molecule has 0 fully saturated rings. The average Bonchev–Trinajstić information content (AvgIpc) is 1.85. The number of rotatable bonds is 3. The summed E-state index contributed by atoms with van der Waals surface area (Å²) in [7, 11) is 3.65. The molecule has 0 unspecified atom stereocenters. The Morgan fingerprint density at radius 3 is 2.70 bits per heavy atom. The van der Waals surface area contributed by atoms with Gasteiger partial charge in [0, 0.05) is 26.4 Å². The van der Waals surface area contributed by atoms with Gasteiger partial charge in [-0.1, -0.05) is 0 Å².